The lowest BCUT2D eigenvalue weighted by atomic mass is 10.1. The van der Waals surface area contributed by atoms with E-state index in [4.69, 9.17) is 4.74 Å². The molecule has 0 aliphatic heterocycles. The standard InChI is InChI=1S/C13H13NO3S/c1-8-4-5-11(16-2)9(6-8)10-7-18-12(14-10)13(15)17-3/h4-7H,1-3H3. The minimum atomic E-state index is -0.419. The van der Waals surface area contributed by atoms with Crippen LogP contribution in [0.15, 0.2) is 23.6 Å². The molecule has 1 heterocycles. The Kier molecular flexibility index (Phi) is 3.62. The second-order valence-electron chi connectivity index (χ2n) is 3.73. The first-order chi connectivity index (χ1) is 8.65. The molecule has 0 bridgehead atoms. The number of nitrogens with zero attached hydrogens (tertiary/aromatic N) is 1. The van der Waals surface area contributed by atoms with Crippen LogP contribution in [0, 0.1) is 6.92 Å². The number of esters is 1. The second-order valence-corrected chi connectivity index (χ2v) is 4.59. The molecule has 0 radical (unpaired) electrons. The predicted octanol–water partition coefficient (Wildman–Crippen LogP) is 2.91. The summed E-state index contributed by atoms with van der Waals surface area (Å²) in [7, 11) is 2.96. The third kappa shape index (κ3) is 2.36. The molecular weight excluding hydrogens is 250 g/mol. The van der Waals surface area contributed by atoms with Crippen molar-refractivity contribution in [3.63, 3.8) is 0 Å². The normalized spacial score (nSPS) is 10.2. The lowest BCUT2D eigenvalue weighted by Crippen LogP contribution is -2.00. The van der Waals surface area contributed by atoms with Crippen LogP contribution in [0.3, 0.4) is 0 Å². The molecule has 1 aromatic carbocycles. The maximum atomic E-state index is 11.4. The summed E-state index contributed by atoms with van der Waals surface area (Å²) in [5, 5.41) is 2.17. The molecule has 0 saturated carbocycles. The number of aromatic nitrogens is 1. The molecule has 4 nitrogen and oxygen atoms in total. The quantitative estimate of drug-likeness (QED) is 0.799. The average Bonchev–Trinajstić information content (AvgIpc) is 2.87. The number of hydrogen-bond donors (Lipinski definition) is 0. The molecule has 18 heavy (non-hydrogen) atoms. The van der Waals surface area contributed by atoms with Gasteiger partial charge >= 0.3 is 5.97 Å². The number of hydrogen-bond acceptors (Lipinski definition) is 5. The van der Waals surface area contributed by atoms with Gasteiger partial charge in [-0.3, -0.25) is 0 Å². The van der Waals surface area contributed by atoms with Crippen molar-refractivity contribution in [3.05, 3.63) is 34.2 Å². The van der Waals surface area contributed by atoms with Crippen LogP contribution in [0.25, 0.3) is 11.3 Å². The van der Waals surface area contributed by atoms with Gasteiger partial charge in [0.25, 0.3) is 0 Å². The van der Waals surface area contributed by atoms with Crippen molar-refractivity contribution in [1.82, 2.24) is 4.98 Å². The van der Waals surface area contributed by atoms with Gasteiger partial charge in [-0.15, -0.1) is 11.3 Å². The molecule has 0 unspecified atom stereocenters. The van der Waals surface area contributed by atoms with E-state index in [0.29, 0.717) is 5.01 Å². The van der Waals surface area contributed by atoms with Crippen LogP contribution in [-0.4, -0.2) is 25.2 Å². The van der Waals surface area contributed by atoms with Crippen LogP contribution in [0.4, 0.5) is 0 Å². The Labute approximate surface area is 109 Å². The highest BCUT2D eigenvalue weighted by atomic mass is 32.1. The van der Waals surface area contributed by atoms with Crippen molar-refractivity contribution in [3.8, 4) is 17.0 Å². The number of methoxy groups -OCH3 is 2. The Morgan fingerprint density at radius 3 is 2.78 bits per heavy atom. The Bertz CT molecular complexity index is 577. The zero-order valence-electron chi connectivity index (χ0n) is 10.4. The van der Waals surface area contributed by atoms with Crippen LogP contribution < -0.4 is 4.74 Å². The summed E-state index contributed by atoms with van der Waals surface area (Å²) in [5.41, 5.74) is 2.71. The van der Waals surface area contributed by atoms with Gasteiger partial charge in [-0.05, 0) is 19.1 Å². The van der Waals surface area contributed by atoms with E-state index in [9.17, 15) is 4.79 Å². The van der Waals surface area contributed by atoms with E-state index in [-0.39, 0.29) is 0 Å². The molecule has 0 aliphatic carbocycles. The number of carbonyl (C=O) groups excluding carboxylic acids is 1. The summed E-state index contributed by atoms with van der Waals surface area (Å²) in [4.78, 5) is 15.6. The van der Waals surface area contributed by atoms with Crippen molar-refractivity contribution in [1.29, 1.82) is 0 Å². The predicted molar refractivity (Wildman–Crippen MR) is 70.2 cm³/mol. The third-order valence-electron chi connectivity index (χ3n) is 2.50. The van der Waals surface area contributed by atoms with Crippen molar-refractivity contribution in [2.45, 2.75) is 6.92 Å². The summed E-state index contributed by atoms with van der Waals surface area (Å²) in [6.45, 7) is 2.00. The summed E-state index contributed by atoms with van der Waals surface area (Å²) >= 11 is 1.26. The number of rotatable bonds is 3. The fourth-order valence-electron chi connectivity index (χ4n) is 1.60. The second kappa shape index (κ2) is 5.18. The Morgan fingerprint density at radius 2 is 2.11 bits per heavy atom. The SMILES string of the molecule is COC(=O)c1nc(-c2cc(C)ccc2OC)cs1. The van der Waals surface area contributed by atoms with Gasteiger partial charge in [-0.2, -0.15) is 0 Å². The molecule has 2 rings (SSSR count). The van der Waals surface area contributed by atoms with Gasteiger partial charge < -0.3 is 9.47 Å². The molecule has 0 aliphatic rings. The van der Waals surface area contributed by atoms with Crippen molar-refractivity contribution in [2.24, 2.45) is 0 Å². The van der Waals surface area contributed by atoms with E-state index in [0.717, 1.165) is 22.6 Å². The number of ether oxygens (including phenoxy) is 2. The summed E-state index contributed by atoms with van der Waals surface area (Å²) < 4.78 is 9.94. The van der Waals surface area contributed by atoms with Gasteiger partial charge in [0, 0.05) is 10.9 Å². The first-order valence-corrected chi connectivity index (χ1v) is 6.22. The van der Waals surface area contributed by atoms with Crippen molar-refractivity contribution < 1.29 is 14.3 Å². The molecule has 1 aromatic heterocycles. The molecule has 0 N–H and O–H groups in total. The maximum absolute atomic E-state index is 11.4. The largest absolute Gasteiger partial charge is 0.496 e. The molecule has 0 amide bonds. The Morgan fingerprint density at radius 1 is 1.33 bits per heavy atom. The molecule has 2 aromatic rings. The molecular formula is C13H13NO3S. The minimum Gasteiger partial charge on any atom is -0.496 e. The Balaban J connectivity index is 2.45. The topological polar surface area (TPSA) is 48.4 Å². The van der Waals surface area contributed by atoms with Crippen LogP contribution >= 0.6 is 11.3 Å². The first-order valence-electron chi connectivity index (χ1n) is 5.34. The highest BCUT2D eigenvalue weighted by Crippen LogP contribution is 2.31. The van der Waals surface area contributed by atoms with Crippen LogP contribution in [0.1, 0.15) is 15.4 Å². The zero-order chi connectivity index (χ0) is 13.1. The third-order valence-corrected chi connectivity index (χ3v) is 3.32. The van der Waals surface area contributed by atoms with Gasteiger partial charge in [0.1, 0.15) is 5.75 Å². The summed E-state index contributed by atoms with van der Waals surface area (Å²) in [5.74, 6) is 0.320. The fraction of sp³-hybridized carbons (Fsp3) is 0.231. The van der Waals surface area contributed by atoms with E-state index in [1.54, 1.807) is 7.11 Å². The maximum Gasteiger partial charge on any atom is 0.367 e. The monoisotopic (exact) mass is 263 g/mol. The molecule has 94 valence electrons. The molecule has 0 saturated heterocycles. The van der Waals surface area contributed by atoms with E-state index in [1.165, 1.54) is 18.4 Å². The van der Waals surface area contributed by atoms with Gasteiger partial charge in [0.2, 0.25) is 5.01 Å². The van der Waals surface area contributed by atoms with E-state index in [1.807, 2.05) is 30.5 Å². The summed E-state index contributed by atoms with van der Waals surface area (Å²) in [6, 6.07) is 5.84. The molecule has 5 heteroatoms. The van der Waals surface area contributed by atoms with E-state index in [2.05, 4.69) is 9.72 Å². The number of benzene rings is 1. The van der Waals surface area contributed by atoms with Crippen LogP contribution in [0.2, 0.25) is 0 Å². The minimum absolute atomic E-state index is 0.344. The number of carbonyl (C=O) groups is 1. The molecule has 0 fully saturated rings. The lowest BCUT2D eigenvalue weighted by Gasteiger charge is -2.06. The highest BCUT2D eigenvalue weighted by Gasteiger charge is 2.14. The molecule has 0 atom stereocenters. The van der Waals surface area contributed by atoms with Crippen molar-refractivity contribution in [2.75, 3.05) is 14.2 Å². The smallest absolute Gasteiger partial charge is 0.367 e. The first kappa shape index (κ1) is 12.6. The van der Waals surface area contributed by atoms with Crippen LogP contribution in [0.5, 0.6) is 5.75 Å². The molecule has 0 spiro atoms. The van der Waals surface area contributed by atoms with Gasteiger partial charge in [-0.25, -0.2) is 9.78 Å². The zero-order valence-corrected chi connectivity index (χ0v) is 11.2. The summed E-state index contributed by atoms with van der Waals surface area (Å²) in [6.07, 6.45) is 0. The number of thiazole rings is 1. The Hall–Kier alpha value is -1.88. The van der Waals surface area contributed by atoms with E-state index >= 15 is 0 Å². The number of aryl methyl sites for hydroxylation is 1. The van der Waals surface area contributed by atoms with Crippen LogP contribution in [-0.2, 0) is 4.74 Å². The lowest BCUT2D eigenvalue weighted by molar-refractivity contribution is 0.0600. The van der Waals surface area contributed by atoms with Crippen molar-refractivity contribution >= 4 is 17.3 Å². The van der Waals surface area contributed by atoms with Gasteiger partial charge in [0.15, 0.2) is 0 Å². The van der Waals surface area contributed by atoms with Gasteiger partial charge in [-0.1, -0.05) is 11.6 Å². The van der Waals surface area contributed by atoms with E-state index < -0.39 is 5.97 Å². The van der Waals surface area contributed by atoms with Gasteiger partial charge in [0.05, 0.1) is 19.9 Å². The highest BCUT2D eigenvalue weighted by molar-refractivity contribution is 7.11. The average molecular weight is 263 g/mol. The fourth-order valence-corrected chi connectivity index (χ4v) is 2.33.